The van der Waals surface area contributed by atoms with E-state index in [1.807, 2.05) is 18.2 Å². The summed E-state index contributed by atoms with van der Waals surface area (Å²) in [6, 6.07) is 14.7. The smallest absolute Gasteiger partial charge is 0.314 e. The Morgan fingerprint density at radius 2 is 1.82 bits per heavy atom. The molecule has 2 amide bonds. The van der Waals surface area contributed by atoms with E-state index in [9.17, 15) is 19.7 Å². The lowest BCUT2D eigenvalue weighted by Crippen LogP contribution is -2.44. The van der Waals surface area contributed by atoms with Crippen LogP contribution in [0, 0.1) is 23.0 Å². The van der Waals surface area contributed by atoms with Crippen LogP contribution in [0.4, 0.5) is 11.4 Å². The molecule has 1 aliphatic rings. The van der Waals surface area contributed by atoms with Crippen LogP contribution in [0.15, 0.2) is 48.5 Å². The molecule has 0 radical (unpaired) electrons. The third-order valence-corrected chi connectivity index (χ3v) is 5.06. The van der Waals surface area contributed by atoms with Crippen LogP contribution < -0.4 is 5.32 Å². The summed E-state index contributed by atoms with van der Waals surface area (Å²) < 4.78 is 0. The SMILES string of the molecule is Cc1ccc(NC(=O)C(=O)N2CCC(Cc3ccccc3)CC2)c([N+](=O)[O-])c1. The number of nitrogens with zero attached hydrogens (tertiary/aromatic N) is 2. The standard InChI is InChI=1S/C21H23N3O4/c1-15-7-8-18(19(13-15)24(27)28)22-20(25)21(26)23-11-9-17(10-12-23)14-16-5-3-2-4-6-16/h2-8,13,17H,9-12,14H2,1H3,(H,22,25). The van der Waals surface area contributed by atoms with Crippen molar-refractivity contribution in [1.82, 2.24) is 4.90 Å². The third-order valence-electron chi connectivity index (χ3n) is 5.06. The lowest BCUT2D eigenvalue weighted by Gasteiger charge is -2.31. The van der Waals surface area contributed by atoms with Gasteiger partial charge in [-0.3, -0.25) is 19.7 Å². The van der Waals surface area contributed by atoms with Gasteiger partial charge in [-0.15, -0.1) is 0 Å². The number of aryl methyl sites for hydroxylation is 1. The molecule has 28 heavy (non-hydrogen) atoms. The highest BCUT2D eigenvalue weighted by Gasteiger charge is 2.28. The molecule has 0 saturated carbocycles. The molecule has 146 valence electrons. The minimum atomic E-state index is -0.839. The molecule has 3 rings (SSSR count). The molecule has 0 unspecified atom stereocenters. The van der Waals surface area contributed by atoms with E-state index >= 15 is 0 Å². The first-order valence-electron chi connectivity index (χ1n) is 9.33. The molecule has 1 saturated heterocycles. The summed E-state index contributed by atoms with van der Waals surface area (Å²) in [7, 11) is 0. The van der Waals surface area contributed by atoms with Crippen LogP contribution in [0.5, 0.6) is 0 Å². The molecule has 7 nitrogen and oxygen atoms in total. The van der Waals surface area contributed by atoms with Crippen molar-refractivity contribution < 1.29 is 14.5 Å². The van der Waals surface area contributed by atoms with Crippen LogP contribution in [-0.4, -0.2) is 34.7 Å². The maximum atomic E-state index is 12.5. The second-order valence-corrected chi connectivity index (χ2v) is 7.16. The van der Waals surface area contributed by atoms with Crippen molar-refractivity contribution in [2.24, 2.45) is 5.92 Å². The van der Waals surface area contributed by atoms with Crippen LogP contribution in [0.3, 0.4) is 0 Å². The maximum Gasteiger partial charge on any atom is 0.314 e. The second-order valence-electron chi connectivity index (χ2n) is 7.16. The Hall–Kier alpha value is -3.22. The monoisotopic (exact) mass is 381 g/mol. The highest BCUT2D eigenvalue weighted by Crippen LogP contribution is 2.26. The Balaban J connectivity index is 1.56. The lowest BCUT2D eigenvalue weighted by atomic mass is 9.90. The van der Waals surface area contributed by atoms with E-state index in [0.29, 0.717) is 24.6 Å². The van der Waals surface area contributed by atoms with E-state index in [1.165, 1.54) is 22.6 Å². The maximum absolute atomic E-state index is 12.5. The number of likely N-dealkylation sites (tertiary alicyclic amines) is 1. The number of rotatable bonds is 4. The van der Waals surface area contributed by atoms with Gasteiger partial charge >= 0.3 is 11.8 Å². The molecule has 7 heteroatoms. The number of nitro groups is 1. The number of benzene rings is 2. The summed E-state index contributed by atoms with van der Waals surface area (Å²) in [6.45, 7) is 2.75. The van der Waals surface area contributed by atoms with Gasteiger partial charge in [0.25, 0.3) is 5.69 Å². The van der Waals surface area contributed by atoms with Crippen molar-refractivity contribution in [2.75, 3.05) is 18.4 Å². The summed E-state index contributed by atoms with van der Waals surface area (Å²) in [5.74, 6) is -1.01. The van der Waals surface area contributed by atoms with Crippen molar-refractivity contribution in [1.29, 1.82) is 0 Å². The van der Waals surface area contributed by atoms with Gasteiger partial charge in [0.05, 0.1) is 4.92 Å². The molecule has 2 aromatic rings. The number of anilines is 1. The van der Waals surface area contributed by atoms with Crippen LogP contribution in [-0.2, 0) is 16.0 Å². The van der Waals surface area contributed by atoms with E-state index in [2.05, 4.69) is 17.4 Å². The Labute approximate surface area is 163 Å². The predicted octanol–water partition coefficient (Wildman–Crippen LogP) is 3.32. The molecule has 0 bridgehead atoms. The molecule has 1 fully saturated rings. The lowest BCUT2D eigenvalue weighted by molar-refractivity contribution is -0.384. The molecule has 0 spiro atoms. The van der Waals surface area contributed by atoms with Gasteiger partial charge < -0.3 is 10.2 Å². The van der Waals surface area contributed by atoms with E-state index < -0.39 is 16.7 Å². The molecule has 1 N–H and O–H groups in total. The predicted molar refractivity (Wildman–Crippen MR) is 106 cm³/mol. The molecular weight excluding hydrogens is 358 g/mol. The fraction of sp³-hybridized carbons (Fsp3) is 0.333. The van der Waals surface area contributed by atoms with Crippen molar-refractivity contribution >= 4 is 23.2 Å². The molecule has 2 aromatic carbocycles. The molecule has 1 aliphatic heterocycles. The number of carbonyl (C=O) groups is 2. The largest absolute Gasteiger partial charge is 0.334 e. The number of nitrogens with one attached hydrogen (secondary N) is 1. The molecular formula is C21H23N3O4. The third kappa shape index (κ3) is 4.73. The second kappa shape index (κ2) is 8.65. The average molecular weight is 381 g/mol. The van der Waals surface area contributed by atoms with Crippen molar-refractivity contribution in [3.8, 4) is 0 Å². The summed E-state index contributed by atoms with van der Waals surface area (Å²) in [4.78, 5) is 36.9. The summed E-state index contributed by atoms with van der Waals surface area (Å²) in [6.07, 6.45) is 2.63. The van der Waals surface area contributed by atoms with Crippen molar-refractivity contribution in [2.45, 2.75) is 26.2 Å². The minimum Gasteiger partial charge on any atom is -0.334 e. The summed E-state index contributed by atoms with van der Waals surface area (Å²) >= 11 is 0. The van der Waals surface area contributed by atoms with Gasteiger partial charge in [-0.05, 0) is 49.3 Å². The number of carbonyl (C=O) groups excluding carboxylic acids is 2. The van der Waals surface area contributed by atoms with Gasteiger partial charge in [-0.2, -0.15) is 0 Å². The van der Waals surface area contributed by atoms with Crippen LogP contribution in [0.2, 0.25) is 0 Å². The van der Waals surface area contributed by atoms with Crippen LogP contribution in [0.1, 0.15) is 24.0 Å². The normalized spacial score (nSPS) is 14.5. The molecule has 0 atom stereocenters. The zero-order valence-corrected chi connectivity index (χ0v) is 15.8. The topological polar surface area (TPSA) is 92.6 Å². The number of piperidine rings is 1. The molecule has 0 aromatic heterocycles. The van der Waals surface area contributed by atoms with E-state index in [1.54, 1.807) is 13.0 Å². The van der Waals surface area contributed by atoms with Gasteiger partial charge in [0, 0.05) is 19.2 Å². The first-order valence-corrected chi connectivity index (χ1v) is 9.33. The Morgan fingerprint density at radius 3 is 2.46 bits per heavy atom. The van der Waals surface area contributed by atoms with Crippen LogP contribution in [0.25, 0.3) is 0 Å². The fourth-order valence-electron chi connectivity index (χ4n) is 3.51. The Kier molecular flexibility index (Phi) is 6.03. The zero-order chi connectivity index (χ0) is 20.1. The number of nitro benzene ring substituents is 1. The first-order chi connectivity index (χ1) is 13.4. The van der Waals surface area contributed by atoms with Crippen molar-refractivity contribution in [3.05, 3.63) is 69.8 Å². The van der Waals surface area contributed by atoms with Gasteiger partial charge in [-0.25, -0.2) is 0 Å². The van der Waals surface area contributed by atoms with E-state index in [0.717, 1.165) is 19.3 Å². The highest BCUT2D eigenvalue weighted by molar-refractivity contribution is 6.39. The van der Waals surface area contributed by atoms with Crippen molar-refractivity contribution in [3.63, 3.8) is 0 Å². The number of hydrogen-bond acceptors (Lipinski definition) is 4. The Bertz CT molecular complexity index is 874. The first kappa shape index (κ1) is 19.5. The number of hydrogen-bond donors (Lipinski definition) is 1. The van der Waals surface area contributed by atoms with Gasteiger partial charge in [0.15, 0.2) is 0 Å². The van der Waals surface area contributed by atoms with Gasteiger partial charge in [-0.1, -0.05) is 36.4 Å². The van der Waals surface area contributed by atoms with E-state index in [-0.39, 0.29) is 11.4 Å². The summed E-state index contributed by atoms with van der Waals surface area (Å²) in [5, 5.41) is 13.6. The summed E-state index contributed by atoms with van der Waals surface area (Å²) in [5.41, 5.74) is 1.80. The van der Waals surface area contributed by atoms with Gasteiger partial charge in [0.2, 0.25) is 0 Å². The minimum absolute atomic E-state index is 0.0351. The van der Waals surface area contributed by atoms with E-state index in [4.69, 9.17) is 0 Å². The van der Waals surface area contributed by atoms with Gasteiger partial charge in [0.1, 0.15) is 5.69 Å². The molecule has 1 heterocycles. The Morgan fingerprint density at radius 1 is 1.14 bits per heavy atom. The average Bonchev–Trinajstić information content (AvgIpc) is 2.70. The fourth-order valence-corrected chi connectivity index (χ4v) is 3.51. The quantitative estimate of drug-likeness (QED) is 0.499. The zero-order valence-electron chi connectivity index (χ0n) is 15.8. The highest BCUT2D eigenvalue weighted by atomic mass is 16.6. The number of amides is 2. The molecule has 0 aliphatic carbocycles. The van der Waals surface area contributed by atoms with Crippen LogP contribution >= 0.6 is 0 Å².